The van der Waals surface area contributed by atoms with Crippen LogP contribution in [0.3, 0.4) is 0 Å². The summed E-state index contributed by atoms with van der Waals surface area (Å²) in [6, 6.07) is 21.4. The Kier molecular flexibility index (Phi) is 7.97. The lowest BCUT2D eigenvalue weighted by Crippen LogP contribution is -2.38. The average Bonchev–Trinajstić information content (AvgIpc) is 3.40. The number of hydrogen-bond donors (Lipinski definition) is 2. The topological polar surface area (TPSA) is 71.4 Å². The molecule has 1 saturated heterocycles. The van der Waals surface area contributed by atoms with Crippen molar-refractivity contribution in [2.24, 2.45) is 0 Å². The van der Waals surface area contributed by atoms with Crippen molar-refractivity contribution >= 4 is 11.1 Å². The second-order valence-corrected chi connectivity index (χ2v) is 9.67. The van der Waals surface area contributed by atoms with E-state index in [1.807, 2.05) is 36.4 Å². The van der Waals surface area contributed by atoms with E-state index < -0.39 is 6.10 Å². The van der Waals surface area contributed by atoms with Crippen molar-refractivity contribution in [2.75, 3.05) is 33.0 Å². The SMILES string of the molecule is CC/C(=C(\c1ccc(O)cc1)c1ccc(OCC(O)CN2CCCCC2)cc1)c1ccc2c(c1)OCO2. The molecule has 1 fully saturated rings. The second-order valence-electron chi connectivity index (χ2n) is 9.67. The number of benzene rings is 3. The van der Waals surface area contributed by atoms with E-state index in [2.05, 4.69) is 30.0 Å². The van der Waals surface area contributed by atoms with Crippen LogP contribution >= 0.6 is 0 Å². The number of hydrogen-bond acceptors (Lipinski definition) is 6. The summed E-state index contributed by atoms with van der Waals surface area (Å²) in [6.45, 7) is 5.42. The molecule has 5 rings (SSSR count). The van der Waals surface area contributed by atoms with Crippen molar-refractivity contribution < 1.29 is 24.4 Å². The Morgan fingerprint density at radius 1 is 0.865 bits per heavy atom. The lowest BCUT2D eigenvalue weighted by molar-refractivity contribution is 0.0617. The molecule has 0 bridgehead atoms. The number of ether oxygens (including phenoxy) is 3. The molecule has 0 radical (unpaired) electrons. The zero-order valence-corrected chi connectivity index (χ0v) is 21.4. The van der Waals surface area contributed by atoms with Gasteiger partial charge in [-0.15, -0.1) is 0 Å². The van der Waals surface area contributed by atoms with Crippen molar-refractivity contribution in [1.82, 2.24) is 4.90 Å². The number of rotatable bonds is 9. The van der Waals surface area contributed by atoms with E-state index in [1.54, 1.807) is 12.1 Å². The zero-order chi connectivity index (χ0) is 25.6. The lowest BCUT2D eigenvalue weighted by atomic mass is 9.88. The van der Waals surface area contributed by atoms with Gasteiger partial charge in [0, 0.05) is 6.54 Å². The van der Waals surface area contributed by atoms with Gasteiger partial charge in [-0.2, -0.15) is 0 Å². The molecule has 2 aliphatic rings. The Morgan fingerprint density at radius 2 is 1.51 bits per heavy atom. The van der Waals surface area contributed by atoms with Crippen LogP contribution in [-0.2, 0) is 0 Å². The molecule has 6 nitrogen and oxygen atoms in total. The van der Waals surface area contributed by atoms with Gasteiger partial charge in [-0.05, 0) is 96.6 Å². The Morgan fingerprint density at radius 3 is 2.22 bits per heavy atom. The minimum absolute atomic E-state index is 0.232. The highest BCUT2D eigenvalue weighted by molar-refractivity contribution is 5.99. The van der Waals surface area contributed by atoms with Crippen molar-refractivity contribution in [1.29, 1.82) is 0 Å². The number of phenolic OH excluding ortho intramolecular Hbond substituents is 1. The third kappa shape index (κ3) is 6.09. The van der Waals surface area contributed by atoms with Crippen LogP contribution in [0.2, 0.25) is 0 Å². The molecule has 2 aliphatic heterocycles. The number of likely N-dealkylation sites (tertiary alicyclic amines) is 1. The van der Waals surface area contributed by atoms with E-state index in [-0.39, 0.29) is 19.1 Å². The molecule has 0 saturated carbocycles. The molecular formula is C31H35NO5. The molecule has 37 heavy (non-hydrogen) atoms. The highest BCUT2D eigenvalue weighted by Crippen LogP contribution is 2.40. The fraction of sp³-hybridized carbons (Fsp3) is 0.355. The first-order valence-corrected chi connectivity index (χ1v) is 13.2. The quantitative estimate of drug-likeness (QED) is 0.366. The van der Waals surface area contributed by atoms with Crippen molar-refractivity contribution in [3.05, 3.63) is 83.4 Å². The standard InChI is InChI=1S/C31H35NO5/c1-2-28(24-10-15-29-30(18-24)37-21-36-29)31(22-6-11-25(33)12-7-22)23-8-13-27(14-9-23)35-20-26(34)19-32-16-4-3-5-17-32/h6-15,18,26,33-34H,2-5,16-17,19-21H2,1H3/b31-28-. The van der Waals surface area contributed by atoms with Gasteiger partial charge < -0.3 is 29.3 Å². The van der Waals surface area contributed by atoms with Crippen LogP contribution < -0.4 is 14.2 Å². The molecule has 194 valence electrons. The van der Waals surface area contributed by atoms with Crippen LogP contribution in [-0.4, -0.2) is 54.3 Å². The van der Waals surface area contributed by atoms with E-state index in [4.69, 9.17) is 14.2 Å². The van der Waals surface area contributed by atoms with Crippen molar-refractivity contribution in [3.63, 3.8) is 0 Å². The van der Waals surface area contributed by atoms with Gasteiger partial charge in [-0.25, -0.2) is 0 Å². The van der Waals surface area contributed by atoms with Gasteiger partial charge in [0.2, 0.25) is 6.79 Å². The third-order valence-corrected chi connectivity index (χ3v) is 7.04. The maximum atomic E-state index is 10.5. The number of piperidine rings is 1. The summed E-state index contributed by atoms with van der Waals surface area (Å²) in [4.78, 5) is 2.32. The van der Waals surface area contributed by atoms with E-state index in [0.717, 1.165) is 64.6 Å². The Hall–Kier alpha value is -3.48. The molecule has 0 aliphatic carbocycles. The molecule has 0 amide bonds. The van der Waals surface area contributed by atoms with Gasteiger partial charge in [0.1, 0.15) is 24.2 Å². The molecule has 0 aromatic heterocycles. The number of allylic oxidation sites excluding steroid dienone is 1. The summed E-state index contributed by atoms with van der Waals surface area (Å²) in [7, 11) is 0. The van der Waals surface area contributed by atoms with Crippen LogP contribution in [0.25, 0.3) is 11.1 Å². The van der Waals surface area contributed by atoms with Crippen LogP contribution in [0, 0.1) is 0 Å². The largest absolute Gasteiger partial charge is 0.508 e. The first-order chi connectivity index (χ1) is 18.1. The predicted octanol–water partition coefficient (Wildman–Crippen LogP) is 5.72. The van der Waals surface area contributed by atoms with Gasteiger partial charge in [0.25, 0.3) is 0 Å². The highest BCUT2D eigenvalue weighted by atomic mass is 16.7. The first-order valence-electron chi connectivity index (χ1n) is 13.2. The van der Waals surface area contributed by atoms with Gasteiger partial charge in [0.05, 0.1) is 0 Å². The molecule has 2 heterocycles. The lowest BCUT2D eigenvalue weighted by Gasteiger charge is -2.28. The summed E-state index contributed by atoms with van der Waals surface area (Å²) in [5.41, 5.74) is 5.36. The number of β-amino-alcohol motifs (C(OH)–C–C–N with tert-alkyl or cyclic N) is 1. The normalized spacial score (nSPS) is 16.8. The highest BCUT2D eigenvalue weighted by Gasteiger charge is 2.19. The summed E-state index contributed by atoms with van der Waals surface area (Å²) in [6.07, 6.45) is 3.99. The van der Waals surface area contributed by atoms with E-state index >= 15 is 0 Å². The predicted molar refractivity (Wildman–Crippen MR) is 145 cm³/mol. The van der Waals surface area contributed by atoms with Crippen LogP contribution in [0.5, 0.6) is 23.0 Å². The third-order valence-electron chi connectivity index (χ3n) is 7.04. The monoisotopic (exact) mass is 501 g/mol. The molecule has 0 spiro atoms. The van der Waals surface area contributed by atoms with Gasteiger partial charge in [0.15, 0.2) is 11.5 Å². The fourth-order valence-corrected chi connectivity index (χ4v) is 5.16. The van der Waals surface area contributed by atoms with Crippen molar-refractivity contribution in [2.45, 2.75) is 38.7 Å². The number of phenols is 1. The molecule has 3 aromatic rings. The minimum atomic E-state index is -0.511. The van der Waals surface area contributed by atoms with Crippen LogP contribution in [0.4, 0.5) is 0 Å². The van der Waals surface area contributed by atoms with Gasteiger partial charge in [-0.3, -0.25) is 0 Å². The number of aromatic hydroxyl groups is 1. The van der Waals surface area contributed by atoms with Crippen LogP contribution in [0.15, 0.2) is 66.7 Å². The number of fused-ring (bicyclic) bond motifs is 1. The second kappa shape index (κ2) is 11.7. The first kappa shape index (κ1) is 25.2. The molecule has 1 unspecified atom stereocenters. The van der Waals surface area contributed by atoms with Crippen LogP contribution in [0.1, 0.15) is 49.3 Å². The van der Waals surface area contributed by atoms with E-state index in [1.165, 1.54) is 19.3 Å². The maximum Gasteiger partial charge on any atom is 0.231 e. The summed E-state index contributed by atoms with van der Waals surface area (Å²) < 4.78 is 17.1. The average molecular weight is 502 g/mol. The fourth-order valence-electron chi connectivity index (χ4n) is 5.16. The van der Waals surface area contributed by atoms with E-state index in [9.17, 15) is 10.2 Å². The van der Waals surface area contributed by atoms with Crippen molar-refractivity contribution in [3.8, 4) is 23.0 Å². The summed E-state index contributed by atoms with van der Waals surface area (Å²) in [5, 5.41) is 20.3. The van der Waals surface area contributed by atoms with Gasteiger partial charge >= 0.3 is 0 Å². The molecular weight excluding hydrogens is 466 g/mol. The van der Waals surface area contributed by atoms with E-state index in [0.29, 0.717) is 6.54 Å². The molecule has 6 heteroatoms. The number of aliphatic hydroxyl groups is 1. The summed E-state index contributed by atoms with van der Waals surface area (Å²) >= 11 is 0. The summed E-state index contributed by atoms with van der Waals surface area (Å²) in [5.74, 6) is 2.47. The Balaban J connectivity index is 1.39. The van der Waals surface area contributed by atoms with Gasteiger partial charge in [-0.1, -0.05) is 43.7 Å². The minimum Gasteiger partial charge on any atom is -0.508 e. The maximum absolute atomic E-state index is 10.5. The zero-order valence-electron chi connectivity index (χ0n) is 21.4. The molecule has 1 atom stereocenters. The Labute approximate surface area is 218 Å². The Bertz CT molecular complexity index is 1210. The smallest absolute Gasteiger partial charge is 0.231 e. The number of nitrogens with zero attached hydrogens (tertiary/aromatic N) is 1. The molecule has 2 N–H and O–H groups in total. The molecule has 3 aromatic carbocycles. The number of aliphatic hydroxyl groups excluding tert-OH is 1.